The SMILES string of the molecule is CCN1C(=O)N(Cc2ccccn2)C(=O)C12CCN(C/C=C/c1ccccc1OC)CC2. The van der Waals surface area contributed by atoms with E-state index in [0.717, 1.165) is 36.6 Å². The van der Waals surface area contributed by atoms with Gasteiger partial charge in [0.2, 0.25) is 0 Å². The number of pyridine rings is 1. The average Bonchev–Trinajstić information content (AvgIpc) is 3.02. The predicted octanol–water partition coefficient (Wildman–Crippen LogP) is 3.42. The predicted molar refractivity (Wildman–Crippen MR) is 123 cm³/mol. The number of carbonyl (C=O) groups excluding carboxylic acids is 2. The van der Waals surface area contributed by atoms with Crippen LogP contribution in [0.1, 0.15) is 31.0 Å². The molecule has 0 unspecified atom stereocenters. The Labute approximate surface area is 189 Å². The van der Waals surface area contributed by atoms with E-state index in [2.05, 4.69) is 22.0 Å². The number of hydrogen-bond acceptors (Lipinski definition) is 5. The summed E-state index contributed by atoms with van der Waals surface area (Å²) in [6, 6.07) is 13.3. The van der Waals surface area contributed by atoms with Gasteiger partial charge in [-0.3, -0.25) is 19.6 Å². The highest BCUT2D eigenvalue weighted by molar-refractivity contribution is 6.07. The number of likely N-dealkylation sites (tertiary alicyclic amines) is 1. The lowest BCUT2D eigenvalue weighted by atomic mass is 9.85. The second-order valence-corrected chi connectivity index (χ2v) is 8.22. The fourth-order valence-electron chi connectivity index (χ4n) is 4.74. The Morgan fingerprint density at radius 2 is 1.84 bits per heavy atom. The molecule has 2 saturated heterocycles. The largest absolute Gasteiger partial charge is 0.496 e. The highest BCUT2D eigenvalue weighted by Crippen LogP contribution is 2.37. The Hall–Kier alpha value is -3.19. The summed E-state index contributed by atoms with van der Waals surface area (Å²) in [5.74, 6) is 0.766. The van der Waals surface area contributed by atoms with Crippen LogP contribution < -0.4 is 4.74 Å². The fraction of sp³-hybridized carbons (Fsp3) is 0.400. The number of piperidine rings is 1. The summed E-state index contributed by atoms with van der Waals surface area (Å²) >= 11 is 0. The second kappa shape index (κ2) is 9.53. The molecule has 2 fully saturated rings. The van der Waals surface area contributed by atoms with Gasteiger partial charge in [-0.15, -0.1) is 0 Å². The molecule has 168 valence electrons. The monoisotopic (exact) mass is 434 g/mol. The summed E-state index contributed by atoms with van der Waals surface area (Å²) in [7, 11) is 1.67. The van der Waals surface area contributed by atoms with Crippen LogP contribution in [0, 0.1) is 0 Å². The molecule has 7 nitrogen and oxygen atoms in total. The quantitative estimate of drug-likeness (QED) is 0.625. The van der Waals surface area contributed by atoms with Crippen LogP contribution in [-0.2, 0) is 11.3 Å². The van der Waals surface area contributed by atoms with Gasteiger partial charge in [-0.1, -0.05) is 36.4 Å². The van der Waals surface area contributed by atoms with Gasteiger partial charge in [-0.05, 0) is 38.0 Å². The van der Waals surface area contributed by atoms with Crippen LogP contribution in [0.4, 0.5) is 4.79 Å². The molecule has 3 heterocycles. The number of amides is 3. The molecule has 0 atom stereocenters. The van der Waals surface area contributed by atoms with Crippen molar-refractivity contribution in [2.24, 2.45) is 0 Å². The first kappa shape index (κ1) is 22.0. The normalized spacial score (nSPS) is 18.8. The van der Waals surface area contributed by atoms with Crippen molar-refractivity contribution in [3.8, 4) is 5.75 Å². The lowest BCUT2D eigenvalue weighted by molar-refractivity contribution is -0.136. The number of carbonyl (C=O) groups is 2. The van der Waals surface area contributed by atoms with E-state index < -0.39 is 5.54 Å². The standard InChI is InChI=1S/C25H30N4O3/c1-3-29-24(31)28(19-21-11-6-7-15-26-21)23(30)25(29)13-17-27(18-14-25)16-8-10-20-9-4-5-12-22(20)32-2/h4-12,15H,3,13-14,16-19H2,1-2H3/b10-8+. The van der Waals surface area contributed by atoms with Crippen LogP contribution >= 0.6 is 0 Å². The Balaban J connectivity index is 1.41. The third-order valence-corrected chi connectivity index (χ3v) is 6.47. The van der Waals surface area contributed by atoms with E-state index in [9.17, 15) is 9.59 Å². The molecule has 0 radical (unpaired) electrons. The van der Waals surface area contributed by atoms with Crippen LogP contribution in [-0.4, -0.2) is 70.4 Å². The van der Waals surface area contributed by atoms with Crippen molar-refractivity contribution in [3.63, 3.8) is 0 Å². The lowest BCUT2D eigenvalue weighted by Gasteiger charge is -2.41. The molecule has 0 N–H and O–H groups in total. The van der Waals surface area contributed by atoms with Gasteiger partial charge in [0.25, 0.3) is 5.91 Å². The van der Waals surface area contributed by atoms with E-state index in [1.165, 1.54) is 4.90 Å². The molecule has 1 aromatic carbocycles. The van der Waals surface area contributed by atoms with Gasteiger partial charge < -0.3 is 9.64 Å². The summed E-state index contributed by atoms with van der Waals surface area (Å²) in [6.45, 7) is 5.02. The Morgan fingerprint density at radius 3 is 2.53 bits per heavy atom. The minimum absolute atomic E-state index is 0.0841. The van der Waals surface area contributed by atoms with Crippen molar-refractivity contribution in [1.82, 2.24) is 19.7 Å². The van der Waals surface area contributed by atoms with Crippen LogP contribution in [0.3, 0.4) is 0 Å². The van der Waals surface area contributed by atoms with Gasteiger partial charge in [0.15, 0.2) is 0 Å². The summed E-state index contributed by atoms with van der Waals surface area (Å²) in [5, 5.41) is 0. The number of urea groups is 1. The fourth-order valence-corrected chi connectivity index (χ4v) is 4.74. The van der Waals surface area contributed by atoms with Crippen LogP contribution in [0.15, 0.2) is 54.7 Å². The van der Waals surface area contributed by atoms with Crippen molar-refractivity contribution >= 4 is 18.0 Å². The number of benzene rings is 1. The number of nitrogens with zero attached hydrogens (tertiary/aromatic N) is 4. The maximum atomic E-state index is 13.4. The minimum Gasteiger partial charge on any atom is -0.496 e. The molecule has 2 aliphatic heterocycles. The van der Waals surface area contributed by atoms with Crippen molar-refractivity contribution in [3.05, 3.63) is 66.0 Å². The van der Waals surface area contributed by atoms with Gasteiger partial charge >= 0.3 is 6.03 Å². The first-order valence-corrected chi connectivity index (χ1v) is 11.1. The van der Waals surface area contributed by atoms with E-state index in [0.29, 0.717) is 19.4 Å². The molecule has 2 aliphatic rings. The van der Waals surface area contributed by atoms with Gasteiger partial charge in [0.1, 0.15) is 11.3 Å². The van der Waals surface area contributed by atoms with Crippen molar-refractivity contribution < 1.29 is 14.3 Å². The van der Waals surface area contributed by atoms with Gasteiger partial charge in [0.05, 0.1) is 19.3 Å². The Morgan fingerprint density at radius 1 is 1.09 bits per heavy atom. The second-order valence-electron chi connectivity index (χ2n) is 8.22. The van der Waals surface area contributed by atoms with Crippen LogP contribution in [0.25, 0.3) is 6.08 Å². The van der Waals surface area contributed by atoms with Crippen molar-refractivity contribution in [2.75, 3.05) is 33.3 Å². The number of imide groups is 1. The van der Waals surface area contributed by atoms with E-state index in [-0.39, 0.29) is 18.5 Å². The third kappa shape index (κ3) is 4.12. The number of rotatable bonds is 7. The first-order chi connectivity index (χ1) is 15.6. The molecule has 32 heavy (non-hydrogen) atoms. The number of para-hydroxylation sites is 1. The lowest BCUT2D eigenvalue weighted by Crippen LogP contribution is -2.56. The smallest absolute Gasteiger partial charge is 0.328 e. The topological polar surface area (TPSA) is 66.0 Å². The van der Waals surface area contributed by atoms with E-state index in [4.69, 9.17) is 4.74 Å². The maximum Gasteiger partial charge on any atom is 0.328 e. The summed E-state index contributed by atoms with van der Waals surface area (Å²) in [5.41, 5.74) is 1.03. The molecule has 1 spiro atoms. The number of methoxy groups -OCH3 is 1. The molecule has 1 aromatic heterocycles. The van der Waals surface area contributed by atoms with E-state index in [1.807, 2.05) is 49.4 Å². The highest BCUT2D eigenvalue weighted by Gasteiger charge is 2.57. The van der Waals surface area contributed by atoms with Crippen LogP contribution in [0.2, 0.25) is 0 Å². The van der Waals surface area contributed by atoms with Crippen molar-refractivity contribution in [2.45, 2.75) is 31.8 Å². The highest BCUT2D eigenvalue weighted by atomic mass is 16.5. The van der Waals surface area contributed by atoms with Gasteiger partial charge in [-0.2, -0.15) is 0 Å². The van der Waals surface area contributed by atoms with Gasteiger partial charge in [0, 0.05) is 37.9 Å². The molecule has 7 heteroatoms. The number of aromatic nitrogens is 1. The third-order valence-electron chi connectivity index (χ3n) is 6.47. The van der Waals surface area contributed by atoms with Crippen molar-refractivity contribution in [1.29, 1.82) is 0 Å². The van der Waals surface area contributed by atoms with E-state index >= 15 is 0 Å². The minimum atomic E-state index is -0.733. The van der Waals surface area contributed by atoms with E-state index in [1.54, 1.807) is 18.2 Å². The molecular weight excluding hydrogens is 404 g/mol. The summed E-state index contributed by atoms with van der Waals surface area (Å²) in [6.07, 6.45) is 7.17. The summed E-state index contributed by atoms with van der Waals surface area (Å²) < 4.78 is 5.40. The zero-order valence-electron chi connectivity index (χ0n) is 18.7. The van der Waals surface area contributed by atoms with Gasteiger partial charge in [-0.25, -0.2) is 4.79 Å². The maximum absolute atomic E-state index is 13.4. The summed E-state index contributed by atoms with van der Waals surface area (Å²) in [4.78, 5) is 36.2. The zero-order valence-corrected chi connectivity index (χ0v) is 18.7. The molecule has 4 rings (SSSR count). The Kier molecular flexibility index (Phi) is 6.55. The first-order valence-electron chi connectivity index (χ1n) is 11.1. The molecule has 3 amide bonds. The Bertz CT molecular complexity index is 984. The number of hydrogen-bond donors (Lipinski definition) is 0. The van der Waals surface area contributed by atoms with Crippen LogP contribution in [0.5, 0.6) is 5.75 Å². The molecule has 0 aliphatic carbocycles. The number of likely N-dealkylation sites (N-methyl/N-ethyl adjacent to an activating group) is 1. The number of ether oxygens (including phenoxy) is 1. The zero-order chi connectivity index (χ0) is 22.6. The molecule has 0 saturated carbocycles. The molecular formula is C25H30N4O3. The average molecular weight is 435 g/mol. The molecule has 2 aromatic rings. The molecule has 0 bridgehead atoms.